The molecule has 0 spiro atoms. The molecule has 7 heteroatoms. The fraction of sp³-hybridized carbons (Fsp3) is 0.227. The lowest BCUT2D eigenvalue weighted by molar-refractivity contribution is 0.102. The summed E-state index contributed by atoms with van der Waals surface area (Å²) in [7, 11) is 0. The highest BCUT2D eigenvalue weighted by atomic mass is 16.2. The van der Waals surface area contributed by atoms with E-state index in [4.69, 9.17) is 0 Å². The third-order valence-corrected chi connectivity index (χ3v) is 5.11. The van der Waals surface area contributed by atoms with Crippen LogP contribution in [-0.2, 0) is 6.54 Å². The number of carbonyl (C=O) groups excluding carboxylic acids is 1. The number of nitrogens with one attached hydrogen (secondary N) is 2. The van der Waals surface area contributed by atoms with Crippen molar-refractivity contribution in [3.63, 3.8) is 0 Å². The Morgan fingerprint density at radius 2 is 1.93 bits per heavy atom. The molecule has 2 aromatic carbocycles. The van der Waals surface area contributed by atoms with Crippen molar-refractivity contribution < 1.29 is 4.79 Å². The van der Waals surface area contributed by atoms with Crippen molar-refractivity contribution in [1.82, 2.24) is 19.5 Å². The van der Waals surface area contributed by atoms with E-state index in [1.807, 2.05) is 36.4 Å². The summed E-state index contributed by atoms with van der Waals surface area (Å²) < 4.78 is 1.59. The molecule has 0 atom stereocenters. The van der Waals surface area contributed by atoms with Crippen molar-refractivity contribution in [2.75, 3.05) is 18.4 Å². The molecule has 0 radical (unpaired) electrons. The van der Waals surface area contributed by atoms with Gasteiger partial charge in [0.25, 0.3) is 11.5 Å². The van der Waals surface area contributed by atoms with Crippen LogP contribution in [0.3, 0.4) is 0 Å². The van der Waals surface area contributed by atoms with Gasteiger partial charge in [-0.05, 0) is 42.9 Å². The minimum Gasteiger partial charge on any atom is -0.322 e. The average molecular weight is 389 g/mol. The van der Waals surface area contributed by atoms with Crippen LogP contribution in [0.2, 0.25) is 0 Å². The first-order chi connectivity index (χ1) is 14.1. The van der Waals surface area contributed by atoms with E-state index in [1.165, 1.54) is 6.20 Å². The van der Waals surface area contributed by atoms with E-state index in [2.05, 4.69) is 34.1 Å². The highest BCUT2D eigenvalue weighted by Crippen LogP contribution is 2.17. The standard InChI is InChI=1S/C22H23N5O2/c1-3-26(4-2)14-15-8-7-9-16(12-15)24-22(29)18-13-23-27-19-11-6-5-10-17(19)21(28)25-20(18)27/h5-13H,3-4,14H2,1-2H3,(H,24,29)(H,25,28). The third kappa shape index (κ3) is 3.64. The molecule has 2 aromatic heterocycles. The average Bonchev–Trinajstić information content (AvgIpc) is 3.16. The Balaban J connectivity index is 1.64. The normalized spacial score (nSPS) is 11.4. The number of benzene rings is 2. The smallest absolute Gasteiger partial charge is 0.261 e. The number of carbonyl (C=O) groups is 1. The van der Waals surface area contributed by atoms with Crippen molar-refractivity contribution >= 4 is 28.1 Å². The summed E-state index contributed by atoms with van der Waals surface area (Å²) in [4.78, 5) is 30.4. The molecule has 2 heterocycles. The fourth-order valence-electron chi connectivity index (χ4n) is 3.49. The highest BCUT2D eigenvalue weighted by molar-refractivity contribution is 6.08. The molecule has 0 aliphatic rings. The first-order valence-corrected chi connectivity index (χ1v) is 9.72. The van der Waals surface area contributed by atoms with Crippen LogP contribution in [-0.4, -0.2) is 38.5 Å². The maximum absolute atomic E-state index is 12.9. The SMILES string of the molecule is CCN(CC)Cc1cccc(NC(=O)c2cnn3c2[nH]c(=O)c2ccccc23)c1. The summed E-state index contributed by atoms with van der Waals surface area (Å²) in [5.41, 5.74) is 2.95. The van der Waals surface area contributed by atoms with Crippen molar-refractivity contribution in [1.29, 1.82) is 0 Å². The molecule has 7 nitrogen and oxygen atoms in total. The summed E-state index contributed by atoms with van der Waals surface area (Å²) in [6.45, 7) is 7.02. The lowest BCUT2D eigenvalue weighted by atomic mass is 10.1. The molecular formula is C22H23N5O2. The Hall–Kier alpha value is -3.45. The van der Waals surface area contributed by atoms with Gasteiger partial charge < -0.3 is 10.3 Å². The first-order valence-electron chi connectivity index (χ1n) is 9.72. The van der Waals surface area contributed by atoms with E-state index in [1.54, 1.807) is 16.6 Å². The molecule has 0 aliphatic heterocycles. The van der Waals surface area contributed by atoms with Gasteiger partial charge in [-0.15, -0.1) is 0 Å². The molecule has 0 bridgehead atoms. The molecule has 148 valence electrons. The third-order valence-electron chi connectivity index (χ3n) is 5.11. The number of amides is 1. The molecule has 0 saturated heterocycles. The van der Waals surface area contributed by atoms with Gasteiger partial charge in [-0.2, -0.15) is 5.10 Å². The fourth-order valence-corrected chi connectivity index (χ4v) is 3.49. The predicted octanol–water partition coefficient (Wildman–Crippen LogP) is 3.27. The second-order valence-electron chi connectivity index (χ2n) is 6.91. The van der Waals surface area contributed by atoms with Crippen molar-refractivity contribution in [2.24, 2.45) is 0 Å². The highest BCUT2D eigenvalue weighted by Gasteiger charge is 2.16. The molecule has 29 heavy (non-hydrogen) atoms. The summed E-state index contributed by atoms with van der Waals surface area (Å²) in [6.07, 6.45) is 1.48. The monoisotopic (exact) mass is 389 g/mol. The Labute approximate surface area is 168 Å². The minimum atomic E-state index is -0.314. The number of para-hydroxylation sites is 1. The number of hydrogen-bond acceptors (Lipinski definition) is 4. The van der Waals surface area contributed by atoms with E-state index in [-0.39, 0.29) is 11.5 Å². The van der Waals surface area contributed by atoms with Gasteiger partial charge in [0.15, 0.2) is 0 Å². The molecule has 1 amide bonds. The Bertz CT molecular complexity index is 1240. The summed E-state index contributed by atoms with van der Waals surface area (Å²) >= 11 is 0. The maximum Gasteiger partial charge on any atom is 0.261 e. The van der Waals surface area contributed by atoms with Gasteiger partial charge in [-0.3, -0.25) is 14.5 Å². The summed E-state index contributed by atoms with van der Waals surface area (Å²) in [5, 5.41) is 7.76. The zero-order chi connectivity index (χ0) is 20.4. The van der Waals surface area contributed by atoms with Gasteiger partial charge >= 0.3 is 0 Å². The van der Waals surface area contributed by atoms with E-state index in [0.29, 0.717) is 27.8 Å². The van der Waals surface area contributed by atoms with Crippen molar-refractivity contribution in [3.8, 4) is 0 Å². The number of aromatic nitrogens is 3. The van der Waals surface area contributed by atoms with E-state index in [0.717, 1.165) is 25.2 Å². The van der Waals surface area contributed by atoms with Gasteiger partial charge in [0.1, 0.15) is 11.2 Å². The number of H-pyrrole nitrogens is 1. The Morgan fingerprint density at radius 3 is 2.72 bits per heavy atom. The largest absolute Gasteiger partial charge is 0.322 e. The zero-order valence-corrected chi connectivity index (χ0v) is 16.5. The van der Waals surface area contributed by atoms with Gasteiger partial charge in [-0.25, -0.2) is 4.52 Å². The van der Waals surface area contributed by atoms with E-state index >= 15 is 0 Å². The van der Waals surface area contributed by atoms with Crippen LogP contribution in [0, 0.1) is 0 Å². The van der Waals surface area contributed by atoms with Gasteiger partial charge in [0.05, 0.1) is 17.1 Å². The van der Waals surface area contributed by atoms with Crippen LogP contribution in [0.5, 0.6) is 0 Å². The van der Waals surface area contributed by atoms with Crippen LogP contribution >= 0.6 is 0 Å². The van der Waals surface area contributed by atoms with Crippen LogP contribution in [0.25, 0.3) is 16.6 Å². The number of nitrogens with zero attached hydrogens (tertiary/aromatic N) is 3. The predicted molar refractivity (Wildman–Crippen MR) is 114 cm³/mol. The second kappa shape index (κ2) is 7.89. The minimum absolute atomic E-state index is 0.246. The van der Waals surface area contributed by atoms with E-state index < -0.39 is 0 Å². The lowest BCUT2D eigenvalue weighted by Crippen LogP contribution is -2.22. The van der Waals surface area contributed by atoms with Crippen LogP contribution in [0.1, 0.15) is 29.8 Å². The number of anilines is 1. The van der Waals surface area contributed by atoms with Gasteiger partial charge in [0.2, 0.25) is 0 Å². The number of hydrogen-bond donors (Lipinski definition) is 2. The van der Waals surface area contributed by atoms with Crippen molar-refractivity contribution in [2.45, 2.75) is 20.4 Å². The summed E-state index contributed by atoms with van der Waals surface area (Å²) in [6, 6.07) is 15.0. The molecule has 0 aliphatic carbocycles. The Morgan fingerprint density at radius 1 is 1.14 bits per heavy atom. The second-order valence-corrected chi connectivity index (χ2v) is 6.91. The lowest BCUT2D eigenvalue weighted by Gasteiger charge is -2.18. The van der Waals surface area contributed by atoms with E-state index in [9.17, 15) is 9.59 Å². The van der Waals surface area contributed by atoms with Crippen LogP contribution in [0.15, 0.2) is 59.5 Å². The van der Waals surface area contributed by atoms with Gasteiger partial charge in [-0.1, -0.05) is 38.1 Å². The Kier molecular flexibility index (Phi) is 5.14. The molecule has 0 saturated carbocycles. The quantitative estimate of drug-likeness (QED) is 0.530. The molecule has 4 aromatic rings. The molecule has 0 unspecified atom stereocenters. The molecule has 2 N–H and O–H groups in total. The van der Waals surface area contributed by atoms with Gasteiger partial charge in [0, 0.05) is 12.2 Å². The molecule has 0 fully saturated rings. The number of aromatic amines is 1. The number of fused-ring (bicyclic) bond motifs is 3. The molecular weight excluding hydrogens is 366 g/mol. The van der Waals surface area contributed by atoms with Crippen LogP contribution in [0.4, 0.5) is 5.69 Å². The summed E-state index contributed by atoms with van der Waals surface area (Å²) in [5.74, 6) is -0.314. The zero-order valence-electron chi connectivity index (χ0n) is 16.5. The first kappa shape index (κ1) is 18.9. The number of rotatable bonds is 6. The molecule has 4 rings (SSSR count). The van der Waals surface area contributed by atoms with Crippen molar-refractivity contribution in [3.05, 3.63) is 76.2 Å². The maximum atomic E-state index is 12.9. The topological polar surface area (TPSA) is 82.5 Å². The van der Waals surface area contributed by atoms with Crippen LogP contribution < -0.4 is 10.9 Å².